The van der Waals surface area contributed by atoms with Gasteiger partial charge in [-0.05, 0) is 13.8 Å². The van der Waals surface area contributed by atoms with E-state index in [0.29, 0.717) is 0 Å². The van der Waals surface area contributed by atoms with E-state index in [1.165, 1.54) is 13.8 Å². The molecule has 0 aliphatic rings. The topological polar surface area (TPSA) is 66.8 Å². The Morgan fingerprint density at radius 3 is 2.10 bits per heavy atom. The van der Waals surface area contributed by atoms with Crippen molar-refractivity contribution < 1.29 is 20.0 Å². The second kappa shape index (κ2) is 2.81. The lowest BCUT2D eigenvalue weighted by Gasteiger charge is -2.19. The van der Waals surface area contributed by atoms with E-state index < -0.39 is 11.6 Å². The van der Waals surface area contributed by atoms with E-state index in [-0.39, 0.29) is 5.57 Å². The molecule has 0 radical (unpaired) electrons. The van der Waals surface area contributed by atoms with Crippen LogP contribution in [0, 0.1) is 0 Å². The van der Waals surface area contributed by atoms with Gasteiger partial charge in [0, 0.05) is 0 Å². The lowest BCUT2D eigenvalue weighted by Crippen LogP contribution is -2.29. The number of rotatable bonds is 3. The summed E-state index contributed by atoms with van der Waals surface area (Å²) >= 11 is 0. The fourth-order valence-electron chi connectivity index (χ4n) is 0.313. The predicted octanol–water partition coefficient (Wildman–Crippen LogP) is 0.895. The number of carboxylic acid groups (broad SMARTS) is 1. The van der Waals surface area contributed by atoms with Crippen LogP contribution in [0.4, 0.5) is 0 Å². The summed E-state index contributed by atoms with van der Waals surface area (Å²) in [5.74, 6) is -1.18. The van der Waals surface area contributed by atoms with E-state index in [4.69, 9.17) is 10.4 Å². The second-order valence-corrected chi connectivity index (χ2v) is 2.39. The molecule has 0 aliphatic heterocycles. The van der Waals surface area contributed by atoms with Crippen molar-refractivity contribution in [2.75, 3.05) is 0 Å². The van der Waals surface area contributed by atoms with E-state index >= 15 is 0 Å². The van der Waals surface area contributed by atoms with Crippen molar-refractivity contribution in [2.24, 2.45) is 0 Å². The van der Waals surface area contributed by atoms with Crippen molar-refractivity contribution in [1.29, 1.82) is 0 Å². The molecule has 0 aromatic heterocycles. The Kier molecular flexibility index (Phi) is 2.56. The molecule has 0 heterocycles. The highest BCUT2D eigenvalue weighted by Crippen LogP contribution is 2.17. The molecule has 0 rings (SSSR count). The zero-order valence-corrected chi connectivity index (χ0v) is 5.92. The van der Waals surface area contributed by atoms with Gasteiger partial charge in [0.25, 0.3) is 0 Å². The van der Waals surface area contributed by atoms with Crippen LogP contribution in [0.2, 0.25) is 0 Å². The normalized spacial score (nSPS) is 11.1. The molecule has 0 amide bonds. The maximum Gasteiger partial charge on any atom is 0.334 e. The molecule has 58 valence electrons. The van der Waals surface area contributed by atoms with Gasteiger partial charge < -0.3 is 5.11 Å². The van der Waals surface area contributed by atoms with Crippen LogP contribution in [-0.4, -0.2) is 21.9 Å². The predicted molar refractivity (Wildman–Crippen MR) is 34.6 cm³/mol. The van der Waals surface area contributed by atoms with E-state index in [2.05, 4.69) is 11.5 Å². The third kappa shape index (κ3) is 1.82. The SMILES string of the molecule is C=C(C(=O)O)C(C)(C)OO. The van der Waals surface area contributed by atoms with Crippen molar-refractivity contribution in [2.45, 2.75) is 19.4 Å². The zero-order chi connectivity index (χ0) is 8.36. The third-order valence-electron chi connectivity index (χ3n) is 1.21. The van der Waals surface area contributed by atoms with Crippen LogP contribution in [0.3, 0.4) is 0 Å². The highest BCUT2D eigenvalue weighted by molar-refractivity contribution is 5.87. The van der Waals surface area contributed by atoms with Crippen LogP contribution in [0.1, 0.15) is 13.8 Å². The summed E-state index contributed by atoms with van der Waals surface area (Å²) in [7, 11) is 0. The Morgan fingerprint density at radius 1 is 1.60 bits per heavy atom. The van der Waals surface area contributed by atoms with E-state index in [9.17, 15) is 4.79 Å². The standard InChI is InChI=1S/C6H10O4/c1-4(5(7)8)6(2,3)10-9/h9H,1H2,2-3H3,(H,7,8). The number of aliphatic carboxylic acids is 1. The highest BCUT2D eigenvalue weighted by atomic mass is 17.1. The van der Waals surface area contributed by atoms with Crippen LogP contribution in [-0.2, 0) is 9.68 Å². The highest BCUT2D eigenvalue weighted by Gasteiger charge is 2.27. The van der Waals surface area contributed by atoms with Gasteiger partial charge in [0.1, 0.15) is 5.60 Å². The van der Waals surface area contributed by atoms with Crippen molar-refractivity contribution in [3.63, 3.8) is 0 Å². The smallest absolute Gasteiger partial charge is 0.334 e. The molecule has 0 aliphatic carbocycles. The Balaban J connectivity index is 4.33. The summed E-state index contributed by atoms with van der Waals surface area (Å²) in [6.45, 7) is 6.02. The van der Waals surface area contributed by atoms with E-state index in [1.807, 2.05) is 0 Å². The lowest BCUT2D eigenvalue weighted by atomic mass is 10.0. The second-order valence-electron chi connectivity index (χ2n) is 2.39. The minimum Gasteiger partial charge on any atom is -0.478 e. The molecule has 4 heteroatoms. The molecule has 10 heavy (non-hydrogen) atoms. The third-order valence-corrected chi connectivity index (χ3v) is 1.21. The maximum absolute atomic E-state index is 10.2. The molecule has 2 N–H and O–H groups in total. The maximum atomic E-state index is 10.2. The average Bonchev–Trinajstić information content (AvgIpc) is 1.86. The lowest BCUT2D eigenvalue weighted by molar-refractivity contribution is -0.300. The molecule has 4 nitrogen and oxygen atoms in total. The van der Waals surface area contributed by atoms with Crippen LogP contribution in [0.15, 0.2) is 12.2 Å². The monoisotopic (exact) mass is 146 g/mol. The first-order valence-corrected chi connectivity index (χ1v) is 2.67. The molecule has 0 bridgehead atoms. The van der Waals surface area contributed by atoms with Crippen molar-refractivity contribution in [3.8, 4) is 0 Å². The number of hydrogen-bond acceptors (Lipinski definition) is 3. The van der Waals surface area contributed by atoms with Crippen LogP contribution < -0.4 is 0 Å². The van der Waals surface area contributed by atoms with Gasteiger partial charge >= 0.3 is 5.97 Å². The van der Waals surface area contributed by atoms with Crippen LogP contribution in [0.25, 0.3) is 0 Å². The summed E-state index contributed by atoms with van der Waals surface area (Å²) in [6, 6.07) is 0. The van der Waals surface area contributed by atoms with Gasteiger partial charge in [0.2, 0.25) is 0 Å². The number of carboxylic acids is 1. The summed E-state index contributed by atoms with van der Waals surface area (Å²) in [4.78, 5) is 14.1. The first kappa shape index (κ1) is 9.13. The molecular weight excluding hydrogens is 136 g/mol. The summed E-state index contributed by atoms with van der Waals surface area (Å²) < 4.78 is 0. The molecule has 0 atom stereocenters. The van der Waals surface area contributed by atoms with Crippen LogP contribution >= 0.6 is 0 Å². The van der Waals surface area contributed by atoms with Crippen molar-refractivity contribution in [1.82, 2.24) is 0 Å². The Hall–Kier alpha value is -0.870. The van der Waals surface area contributed by atoms with Gasteiger partial charge in [-0.1, -0.05) is 6.58 Å². The number of hydrogen-bond donors (Lipinski definition) is 2. The van der Waals surface area contributed by atoms with Gasteiger partial charge in [-0.15, -0.1) is 0 Å². The van der Waals surface area contributed by atoms with Crippen LogP contribution in [0.5, 0.6) is 0 Å². The van der Waals surface area contributed by atoms with Crippen molar-refractivity contribution >= 4 is 5.97 Å². The minimum atomic E-state index is -1.22. The van der Waals surface area contributed by atoms with Gasteiger partial charge in [0.05, 0.1) is 5.57 Å². The largest absolute Gasteiger partial charge is 0.478 e. The molecule has 0 aromatic carbocycles. The molecule has 0 unspecified atom stereocenters. The molecule has 0 saturated heterocycles. The van der Waals surface area contributed by atoms with E-state index in [1.54, 1.807) is 0 Å². The molecule has 0 aromatic rings. The van der Waals surface area contributed by atoms with E-state index in [0.717, 1.165) is 0 Å². The van der Waals surface area contributed by atoms with Gasteiger partial charge in [-0.2, -0.15) is 0 Å². The zero-order valence-electron chi connectivity index (χ0n) is 5.92. The Labute approximate surface area is 58.7 Å². The quantitative estimate of drug-likeness (QED) is 0.352. The summed E-state index contributed by atoms with van der Waals surface area (Å²) in [6.07, 6.45) is 0. The van der Waals surface area contributed by atoms with Gasteiger partial charge in [-0.3, -0.25) is 5.26 Å². The molecule has 0 spiro atoms. The number of carbonyl (C=O) groups is 1. The first-order valence-electron chi connectivity index (χ1n) is 2.67. The summed E-state index contributed by atoms with van der Waals surface area (Å²) in [5.41, 5.74) is -1.40. The first-order chi connectivity index (χ1) is 4.41. The van der Waals surface area contributed by atoms with Gasteiger partial charge in [0.15, 0.2) is 0 Å². The van der Waals surface area contributed by atoms with Gasteiger partial charge in [-0.25, -0.2) is 9.68 Å². The Morgan fingerprint density at radius 2 is 2.00 bits per heavy atom. The Bertz CT molecular complexity index is 159. The fraction of sp³-hybridized carbons (Fsp3) is 0.500. The molecule has 0 saturated carbocycles. The molecular formula is C6H10O4. The van der Waals surface area contributed by atoms with Crippen molar-refractivity contribution in [3.05, 3.63) is 12.2 Å². The minimum absolute atomic E-state index is 0.185. The molecule has 0 fully saturated rings. The summed E-state index contributed by atoms with van der Waals surface area (Å²) in [5, 5.41) is 16.5. The fourth-order valence-corrected chi connectivity index (χ4v) is 0.313. The average molecular weight is 146 g/mol.